The first-order valence-electron chi connectivity index (χ1n) is 10.2. The van der Waals surface area contributed by atoms with Crippen LogP contribution in [0.3, 0.4) is 0 Å². The number of nitrogens with one attached hydrogen (secondary N) is 3. The number of methoxy groups -OCH3 is 1. The van der Waals surface area contributed by atoms with Crippen molar-refractivity contribution in [1.82, 2.24) is 10.6 Å². The highest BCUT2D eigenvalue weighted by Gasteiger charge is 2.20. The van der Waals surface area contributed by atoms with Crippen LogP contribution < -0.4 is 20.7 Å². The Morgan fingerprint density at radius 3 is 2.34 bits per heavy atom. The van der Waals surface area contributed by atoms with Crippen LogP contribution in [0.15, 0.2) is 48.5 Å². The van der Waals surface area contributed by atoms with Gasteiger partial charge >= 0.3 is 0 Å². The number of anilines is 2. The topological polar surface area (TPSA) is 79.5 Å². The number of carbonyl (C=O) groups is 2. The number of hydrogen-bond acceptors (Lipinski definition) is 4. The summed E-state index contributed by atoms with van der Waals surface area (Å²) in [6.45, 7) is 0.837. The first kappa shape index (κ1) is 20.7. The SMILES string of the molecule is COc1ccc(Nc2ccccc2C(=O)NCCNC(=O)C2CCCCC2)cc1. The van der Waals surface area contributed by atoms with Crippen molar-refractivity contribution in [3.8, 4) is 5.75 Å². The molecule has 29 heavy (non-hydrogen) atoms. The molecular weight excluding hydrogens is 366 g/mol. The predicted molar refractivity (Wildman–Crippen MR) is 115 cm³/mol. The van der Waals surface area contributed by atoms with Crippen molar-refractivity contribution >= 4 is 23.2 Å². The molecular formula is C23H29N3O3. The van der Waals surface area contributed by atoms with E-state index in [9.17, 15) is 9.59 Å². The number of rotatable bonds is 8. The highest BCUT2D eigenvalue weighted by Crippen LogP contribution is 2.24. The number of hydrogen-bond donors (Lipinski definition) is 3. The first-order chi connectivity index (χ1) is 14.2. The number of para-hydroxylation sites is 1. The Kier molecular flexibility index (Phi) is 7.50. The minimum atomic E-state index is -0.173. The van der Waals surface area contributed by atoms with Crippen molar-refractivity contribution in [2.45, 2.75) is 32.1 Å². The summed E-state index contributed by atoms with van der Waals surface area (Å²) in [6, 6.07) is 14.9. The molecule has 154 valence electrons. The minimum Gasteiger partial charge on any atom is -0.497 e. The molecule has 0 unspecified atom stereocenters. The van der Waals surface area contributed by atoms with Crippen molar-refractivity contribution in [3.05, 3.63) is 54.1 Å². The fourth-order valence-corrected chi connectivity index (χ4v) is 3.59. The molecule has 0 bridgehead atoms. The van der Waals surface area contributed by atoms with E-state index >= 15 is 0 Å². The van der Waals surface area contributed by atoms with Crippen LogP contribution in [-0.2, 0) is 4.79 Å². The maximum atomic E-state index is 12.6. The van der Waals surface area contributed by atoms with Crippen LogP contribution in [0.4, 0.5) is 11.4 Å². The number of benzene rings is 2. The monoisotopic (exact) mass is 395 g/mol. The Bertz CT molecular complexity index is 814. The summed E-state index contributed by atoms with van der Waals surface area (Å²) in [6.07, 6.45) is 5.44. The summed E-state index contributed by atoms with van der Waals surface area (Å²) >= 11 is 0. The Balaban J connectivity index is 1.50. The largest absolute Gasteiger partial charge is 0.497 e. The van der Waals surface area contributed by atoms with E-state index < -0.39 is 0 Å². The maximum Gasteiger partial charge on any atom is 0.253 e. The fourth-order valence-electron chi connectivity index (χ4n) is 3.59. The quantitative estimate of drug-likeness (QED) is 0.593. The average Bonchev–Trinajstić information content (AvgIpc) is 2.78. The highest BCUT2D eigenvalue weighted by atomic mass is 16.5. The maximum absolute atomic E-state index is 12.6. The highest BCUT2D eigenvalue weighted by molar-refractivity contribution is 6.00. The molecule has 2 amide bonds. The van der Waals surface area contributed by atoms with E-state index in [-0.39, 0.29) is 17.7 Å². The average molecular weight is 396 g/mol. The third-order valence-corrected chi connectivity index (χ3v) is 5.23. The summed E-state index contributed by atoms with van der Waals surface area (Å²) in [5.74, 6) is 0.847. The lowest BCUT2D eigenvalue weighted by Gasteiger charge is -2.20. The first-order valence-corrected chi connectivity index (χ1v) is 10.2. The van der Waals surface area contributed by atoms with E-state index in [0.717, 1.165) is 42.8 Å². The van der Waals surface area contributed by atoms with Crippen LogP contribution in [0.5, 0.6) is 5.75 Å². The zero-order chi connectivity index (χ0) is 20.5. The normalized spacial score (nSPS) is 14.1. The predicted octanol–water partition coefficient (Wildman–Crippen LogP) is 3.87. The van der Waals surface area contributed by atoms with Gasteiger partial charge in [0, 0.05) is 24.7 Å². The van der Waals surface area contributed by atoms with Crippen LogP contribution in [0, 0.1) is 5.92 Å². The minimum absolute atomic E-state index is 0.112. The van der Waals surface area contributed by atoms with Gasteiger partial charge < -0.3 is 20.7 Å². The summed E-state index contributed by atoms with van der Waals surface area (Å²) in [5, 5.41) is 9.10. The van der Waals surface area contributed by atoms with Crippen molar-refractivity contribution in [3.63, 3.8) is 0 Å². The van der Waals surface area contributed by atoms with E-state index in [0.29, 0.717) is 18.7 Å². The summed E-state index contributed by atoms with van der Waals surface area (Å²) in [4.78, 5) is 24.8. The molecule has 1 aliphatic carbocycles. The second kappa shape index (κ2) is 10.5. The molecule has 6 heteroatoms. The van der Waals surface area contributed by atoms with E-state index in [4.69, 9.17) is 4.74 Å². The molecule has 1 saturated carbocycles. The summed E-state index contributed by atoms with van der Waals surface area (Å²) in [7, 11) is 1.62. The second-order valence-electron chi connectivity index (χ2n) is 7.28. The molecule has 2 aromatic carbocycles. The van der Waals surface area contributed by atoms with Gasteiger partial charge in [0.25, 0.3) is 5.91 Å². The summed E-state index contributed by atoms with van der Waals surface area (Å²) < 4.78 is 5.17. The molecule has 3 N–H and O–H groups in total. The molecule has 0 spiro atoms. The summed E-state index contributed by atoms with van der Waals surface area (Å²) in [5.41, 5.74) is 2.15. The van der Waals surface area contributed by atoms with Gasteiger partial charge in [-0.05, 0) is 49.2 Å². The molecule has 0 heterocycles. The number of ether oxygens (including phenoxy) is 1. The van der Waals surface area contributed by atoms with Gasteiger partial charge in [0.1, 0.15) is 5.75 Å². The fraction of sp³-hybridized carbons (Fsp3) is 0.391. The lowest BCUT2D eigenvalue weighted by atomic mass is 9.89. The van der Waals surface area contributed by atoms with Gasteiger partial charge in [-0.2, -0.15) is 0 Å². The van der Waals surface area contributed by atoms with Crippen LogP contribution in [0.2, 0.25) is 0 Å². The molecule has 0 aliphatic heterocycles. The van der Waals surface area contributed by atoms with Gasteiger partial charge in [-0.15, -0.1) is 0 Å². The van der Waals surface area contributed by atoms with Crippen molar-refractivity contribution < 1.29 is 14.3 Å². The van der Waals surface area contributed by atoms with Gasteiger partial charge in [0.15, 0.2) is 0 Å². The lowest BCUT2D eigenvalue weighted by molar-refractivity contribution is -0.125. The molecule has 1 aliphatic rings. The third-order valence-electron chi connectivity index (χ3n) is 5.23. The number of carbonyl (C=O) groups excluding carboxylic acids is 2. The van der Waals surface area contributed by atoms with Crippen LogP contribution in [0.25, 0.3) is 0 Å². The molecule has 0 atom stereocenters. The molecule has 0 radical (unpaired) electrons. The van der Waals surface area contributed by atoms with Crippen molar-refractivity contribution in [2.75, 3.05) is 25.5 Å². The standard InChI is InChI=1S/C23H29N3O3/c1-29-19-13-11-18(12-14-19)26-21-10-6-5-9-20(21)23(28)25-16-15-24-22(27)17-7-3-2-4-8-17/h5-6,9-14,17,26H,2-4,7-8,15-16H2,1H3,(H,24,27)(H,25,28). The van der Waals surface area contributed by atoms with Crippen LogP contribution >= 0.6 is 0 Å². The van der Waals surface area contributed by atoms with E-state index in [1.54, 1.807) is 13.2 Å². The Hall–Kier alpha value is -3.02. The zero-order valence-corrected chi connectivity index (χ0v) is 16.9. The van der Waals surface area contributed by atoms with Gasteiger partial charge in [0.05, 0.1) is 18.4 Å². The van der Waals surface area contributed by atoms with Gasteiger partial charge in [-0.3, -0.25) is 9.59 Å². The van der Waals surface area contributed by atoms with E-state index in [1.165, 1.54) is 6.42 Å². The number of amides is 2. The molecule has 3 rings (SSSR count). The Morgan fingerprint density at radius 1 is 0.931 bits per heavy atom. The van der Waals surface area contributed by atoms with Crippen molar-refractivity contribution in [1.29, 1.82) is 0 Å². The zero-order valence-electron chi connectivity index (χ0n) is 16.9. The van der Waals surface area contributed by atoms with Crippen molar-refractivity contribution in [2.24, 2.45) is 5.92 Å². The molecule has 0 saturated heterocycles. The van der Waals surface area contributed by atoms with Gasteiger partial charge in [-0.1, -0.05) is 31.4 Å². The smallest absolute Gasteiger partial charge is 0.253 e. The molecule has 1 fully saturated rings. The Labute approximate surface area is 172 Å². The van der Waals surface area contributed by atoms with Gasteiger partial charge in [0.2, 0.25) is 5.91 Å². The second-order valence-corrected chi connectivity index (χ2v) is 7.28. The van der Waals surface area contributed by atoms with Gasteiger partial charge in [-0.25, -0.2) is 0 Å². The lowest BCUT2D eigenvalue weighted by Crippen LogP contribution is -2.38. The molecule has 6 nitrogen and oxygen atoms in total. The Morgan fingerprint density at radius 2 is 1.62 bits per heavy atom. The third kappa shape index (κ3) is 5.98. The molecule has 2 aromatic rings. The van der Waals surface area contributed by atoms with Crippen LogP contribution in [-0.4, -0.2) is 32.0 Å². The molecule has 0 aromatic heterocycles. The van der Waals surface area contributed by atoms with E-state index in [1.807, 2.05) is 42.5 Å². The van der Waals surface area contributed by atoms with E-state index in [2.05, 4.69) is 16.0 Å². The van der Waals surface area contributed by atoms with Crippen LogP contribution in [0.1, 0.15) is 42.5 Å².